The van der Waals surface area contributed by atoms with Gasteiger partial charge in [0.2, 0.25) is 0 Å². The maximum atomic E-state index is 13.5. The monoisotopic (exact) mass is 288 g/mol. The quantitative estimate of drug-likeness (QED) is 0.831. The van der Waals surface area contributed by atoms with Gasteiger partial charge in [-0.05, 0) is 36.2 Å². The fraction of sp³-hybridized carbons (Fsp3) is 0.188. The van der Waals surface area contributed by atoms with Crippen LogP contribution in [0.2, 0.25) is 0 Å². The van der Waals surface area contributed by atoms with E-state index >= 15 is 0 Å². The maximum absolute atomic E-state index is 13.5. The van der Waals surface area contributed by atoms with Gasteiger partial charge in [-0.1, -0.05) is 25.1 Å². The third-order valence-corrected chi connectivity index (χ3v) is 2.98. The molecule has 5 heteroatoms. The molecule has 2 aromatic rings. The van der Waals surface area contributed by atoms with E-state index in [-0.39, 0.29) is 12.3 Å². The summed E-state index contributed by atoms with van der Waals surface area (Å²) in [7, 11) is 0. The fourth-order valence-electron chi connectivity index (χ4n) is 1.90. The smallest absolute Gasteiger partial charge is 0.262 e. The zero-order chi connectivity index (χ0) is 15.2. The van der Waals surface area contributed by atoms with Crippen LogP contribution in [0.4, 0.5) is 15.8 Å². The Bertz CT molecular complexity index is 644. The molecule has 2 aromatic carbocycles. The van der Waals surface area contributed by atoms with Crippen molar-refractivity contribution in [2.45, 2.75) is 13.3 Å². The number of aryl methyl sites for hydroxylation is 1. The largest absolute Gasteiger partial charge is 0.483 e. The molecule has 0 unspecified atom stereocenters. The van der Waals surface area contributed by atoms with Gasteiger partial charge in [-0.3, -0.25) is 4.79 Å². The number of para-hydroxylation sites is 1. The Morgan fingerprint density at radius 2 is 2.05 bits per heavy atom. The van der Waals surface area contributed by atoms with E-state index in [9.17, 15) is 9.18 Å². The second-order valence-electron chi connectivity index (χ2n) is 4.54. The zero-order valence-electron chi connectivity index (χ0n) is 11.7. The Morgan fingerprint density at radius 3 is 2.81 bits per heavy atom. The molecule has 3 N–H and O–H groups in total. The van der Waals surface area contributed by atoms with Gasteiger partial charge in [0.05, 0.1) is 5.69 Å². The van der Waals surface area contributed by atoms with Gasteiger partial charge in [0.1, 0.15) is 11.6 Å². The van der Waals surface area contributed by atoms with Crippen LogP contribution in [0.3, 0.4) is 0 Å². The third kappa shape index (κ3) is 3.95. The molecule has 0 aromatic heterocycles. The van der Waals surface area contributed by atoms with E-state index in [4.69, 9.17) is 10.5 Å². The average molecular weight is 288 g/mol. The molecule has 2 rings (SSSR count). The van der Waals surface area contributed by atoms with Crippen molar-refractivity contribution >= 4 is 17.3 Å². The van der Waals surface area contributed by atoms with Crippen LogP contribution in [0.5, 0.6) is 5.75 Å². The van der Waals surface area contributed by atoms with Crippen LogP contribution < -0.4 is 15.8 Å². The summed E-state index contributed by atoms with van der Waals surface area (Å²) >= 11 is 0. The minimum atomic E-state index is -0.536. The summed E-state index contributed by atoms with van der Waals surface area (Å²) in [6.45, 7) is 1.82. The standard InChI is InChI=1S/C16H17FN2O2/c1-2-11-5-3-4-6-15(11)21-10-16(20)19-14-9-12(18)7-8-13(14)17/h3-9H,2,10,18H2,1H3,(H,19,20). The molecule has 0 bridgehead atoms. The van der Waals surface area contributed by atoms with E-state index in [2.05, 4.69) is 5.32 Å². The van der Waals surface area contributed by atoms with Crippen molar-refractivity contribution < 1.29 is 13.9 Å². The molecule has 21 heavy (non-hydrogen) atoms. The molecule has 0 saturated carbocycles. The number of benzene rings is 2. The number of ether oxygens (including phenoxy) is 1. The summed E-state index contributed by atoms with van der Waals surface area (Å²) in [4.78, 5) is 11.8. The van der Waals surface area contributed by atoms with E-state index in [0.717, 1.165) is 12.0 Å². The van der Waals surface area contributed by atoms with Crippen molar-refractivity contribution in [1.82, 2.24) is 0 Å². The summed E-state index contributed by atoms with van der Waals surface area (Å²) in [5.74, 6) is -0.319. The molecule has 0 aliphatic carbocycles. The van der Waals surface area contributed by atoms with Crippen LogP contribution in [0, 0.1) is 5.82 Å². The highest BCUT2D eigenvalue weighted by atomic mass is 19.1. The number of amides is 1. The van der Waals surface area contributed by atoms with Gasteiger partial charge in [-0.15, -0.1) is 0 Å². The van der Waals surface area contributed by atoms with Gasteiger partial charge in [0, 0.05) is 5.69 Å². The van der Waals surface area contributed by atoms with Gasteiger partial charge in [-0.25, -0.2) is 4.39 Å². The highest BCUT2D eigenvalue weighted by Gasteiger charge is 2.09. The van der Waals surface area contributed by atoms with Crippen molar-refractivity contribution in [2.24, 2.45) is 0 Å². The molecule has 0 radical (unpaired) electrons. The van der Waals surface area contributed by atoms with Crippen molar-refractivity contribution in [3.05, 3.63) is 53.8 Å². The van der Waals surface area contributed by atoms with E-state index in [1.807, 2.05) is 25.1 Å². The Morgan fingerprint density at radius 1 is 1.29 bits per heavy atom. The second kappa shape index (κ2) is 6.74. The SMILES string of the molecule is CCc1ccccc1OCC(=O)Nc1cc(N)ccc1F. The molecule has 0 fully saturated rings. The molecule has 0 aliphatic rings. The van der Waals surface area contributed by atoms with Crippen LogP contribution >= 0.6 is 0 Å². The zero-order valence-corrected chi connectivity index (χ0v) is 11.7. The number of halogens is 1. The lowest BCUT2D eigenvalue weighted by molar-refractivity contribution is -0.118. The Hall–Kier alpha value is -2.56. The van der Waals surface area contributed by atoms with Crippen molar-refractivity contribution in [3.63, 3.8) is 0 Å². The van der Waals surface area contributed by atoms with Gasteiger partial charge >= 0.3 is 0 Å². The minimum absolute atomic E-state index is 0.0485. The normalized spacial score (nSPS) is 10.2. The van der Waals surface area contributed by atoms with Gasteiger partial charge in [0.15, 0.2) is 6.61 Å². The number of hydrogen-bond donors (Lipinski definition) is 2. The molecule has 110 valence electrons. The van der Waals surface area contributed by atoms with Crippen molar-refractivity contribution in [1.29, 1.82) is 0 Å². The summed E-state index contributed by atoms with van der Waals surface area (Å²) in [6, 6.07) is 11.5. The van der Waals surface area contributed by atoms with E-state index < -0.39 is 11.7 Å². The summed E-state index contributed by atoms with van der Waals surface area (Å²) < 4.78 is 19.0. The number of nitrogens with one attached hydrogen (secondary N) is 1. The van der Waals surface area contributed by atoms with Crippen LogP contribution in [0.1, 0.15) is 12.5 Å². The number of carbonyl (C=O) groups is 1. The van der Waals surface area contributed by atoms with E-state index in [0.29, 0.717) is 11.4 Å². The number of rotatable bonds is 5. The van der Waals surface area contributed by atoms with Gasteiger partial charge in [-0.2, -0.15) is 0 Å². The molecule has 4 nitrogen and oxygen atoms in total. The predicted molar refractivity (Wildman–Crippen MR) is 80.8 cm³/mol. The van der Waals surface area contributed by atoms with Crippen molar-refractivity contribution in [3.8, 4) is 5.75 Å². The summed E-state index contributed by atoms with van der Waals surface area (Å²) in [5, 5.41) is 2.44. The summed E-state index contributed by atoms with van der Waals surface area (Å²) in [5.41, 5.74) is 7.00. The highest BCUT2D eigenvalue weighted by Crippen LogP contribution is 2.19. The Balaban J connectivity index is 1.97. The van der Waals surface area contributed by atoms with Crippen LogP contribution in [-0.2, 0) is 11.2 Å². The molecule has 0 aliphatic heterocycles. The summed E-state index contributed by atoms with van der Waals surface area (Å²) in [6.07, 6.45) is 0.807. The molecule has 1 amide bonds. The van der Waals surface area contributed by atoms with E-state index in [1.54, 1.807) is 6.07 Å². The fourth-order valence-corrected chi connectivity index (χ4v) is 1.90. The molecular weight excluding hydrogens is 271 g/mol. The number of anilines is 2. The lowest BCUT2D eigenvalue weighted by Crippen LogP contribution is -2.21. The maximum Gasteiger partial charge on any atom is 0.262 e. The van der Waals surface area contributed by atoms with E-state index in [1.165, 1.54) is 18.2 Å². The third-order valence-electron chi connectivity index (χ3n) is 2.98. The topological polar surface area (TPSA) is 64.3 Å². The lowest BCUT2D eigenvalue weighted by atomic mass is 10.1. The van der Waals surface area contributed by atoms with Crippen LogP contribution in [-0.4, -0.2) is 12.5 Å². The molecule has 0 spiro atoms. The molecule has 0 atom stereocenters. The van der Waals surface area contributed by atoms with Gasteiger partial charge < -0.3 is 15.8 Å². The first kappa shape index (κ1) is 14.8. The number of hydrogen-bond acceptors (Lipinski definition) is 3. The first-order chi connectivity index (χ1) is 10.1. The van der Waals surface area contributed by atoms with Crippen LogP contribution in [0.15, 0.2) is 42.5 Å². The van der Waals surface area contributed by atoms with Gasteiger partial charge in [0.25, 0.3) is 5.91 Å². The minimum Gasteiger partial charge on any atom is -0.483 e. The number of nitrogens with two attached hydrogens (primary N) is 1. The molecular formula is C16H17FN2O2. The predicted octanol–water partition coefficient (Wildman–Crippen LogP) is 2.99. The first-order valence-electron chi connectivity index (χ1n) is 6.65. The second-order valence-corrected chi connectivity index (χ2v) is 4.54. The average Bonchev–Trinajstić information content (AvgIpc) is 2.49. The highest BCUT2D eigenvalue weighted by molar-refractivity contribution is 5.92. The molecule has 0 saturated heterocycles. The molecule has 0 heterocycles. The number of carbonyl (C=O) groups excluding carboxylic acids is 1. The lowest BCUT2D eigenvalue weighted by Gasteiger charge is -2.11. The first-order valence-corrected chi connectivity index (χ1v) is 6.65. The number of nitrogen functional groups attached to an aromatic ring is 1. The Kier molecular flexibility index (Phi) is 4.77. The van der Waals surface area contributed by atoms with Crippen LogP contribution in [0.25, 0.3) is 0 Å². The Labute approximate surface area is 122 Å². The van der Waals surface area contributed by atoms with Crippen molar-refractivity contribution in [2.75, 3.05) is 17.7 Å².